The fourth-order valence-electron chi connectivity index (χ4n) is 2.06. The number of ether oxygens (including phenoxy) is 2. The fraction of sp³-hybridized carbons (Fsp3) is 0.353. The van der Waals surface area contributed by atoms with E-state index < -0.39 is 0 Å². The lowest BCUT2D eigenvalue weighted by molar-refractivity contribution is 0.284. The van der Waals surface area contributed by atoms with Crippen molar-refractivity contribution in [2.75, 3.05) is 13.7 Å². The van der Waals surface area contributed by atoms with Crippen LogP contribution in [0.1, 0.15) is 24.5 Å². The zero-order valence-electron chi connectivity index (χ0n) is 13.8. The van der Waals surface area contributed by atoms with Crippen LogP contribution in [0.4, 0.5) is 0 Å². The van der Waals surface area contributed by atoms with Gasteiger partial charge in [-0.3, -0.25) is 4.98 Å². The van der Waals surface area contributed by atoms with E-state index in [4.69, 9.17) is 21.1 Å². The monoisotopic (exact) mass is 392 g/mol. The van der Waals surface area contributed by atoms with Crippen molar-refractivity contribution in [3.8, 4) is 11.5 Å². The van der Waals surface area contributed by atoms with Gasteiger partial charge in [-0.1, -0.05) is 24.6 Å². The van der Waals surface area contributed by atoms with E-state index in [-0.39, 0.29) is 24.8 Å². The Hall–Kier alpha value is -1.20. The van der Waals surface area contributed by atoms with Crippen LogP contribution in [0.3, 0.4) is 0 Å². The highest BCUT2D eigenvalue weighted by Gasteiger charge is 2.12. The highest BCUT2D eigenvalue weighted by Crippen LogP contribution is 2.36. The second-order valence-corrected chi connectivity index (χ2v) is 5.34. The first kappa shape index (κ1) is 22.8. The molecular formula is C17H23Cl3N2O2. The highest BCUT2D eigenvalue weighted by atomic mass is 35.5. The van der Waals surface area contributed by atoms with Gasteiger partial charge in [-0.15, -0.1) is 24.8 Å². The van der Waals surface area contributed by atoms with Crippen molar-refractivity contribution < 1.29 is 9.47 Å². The van der Waals surface area contributed by atoms with E-state index in [2.05, 4.69) is 17.2 Å². The number of halogens is 3. The molecule has 0 bridgehead atoms. The summed E-state index contributed by atoms with van der Waals surface area (Å²) < 4.78 is 11.2. The molecule has 1 heterocycles. The Bertz CT molecular complexity index is 598. The smallest absolute Gasteiger partial charge is 0.180 e. The van der Waals surface area contributed by atoms with E-state index in [9.17, 15) is 0 Å². The van der Waals surface area contributed by atoms with Crippen LogP contribution in [-0.2, 0) is 13.2 Å². The lowest BCUT2D eigenvalue weighted by Crippen LogP contribution is -2.14. The summed E-state index contributed by atoms with van der Waals surface area (Å²) in [5, 5.41) is 3.90. The number of nitrogens with zero attached hydrogens (tertiary/aromatic N) is 1. The van der Waals surface area contributed by atoms with E-state index >= 15 is 0 Å². The number of rotatable bonds is 8. The molecule has 2 rings (SSSR count). The Morgan fingerprint density at radius 1 is 1.21 bits per heavy atom. The molecule has 0 aliphatic rings. The van der Waals surface area contributed by atoms with Crippen LogP contribution in [-0.4, -0.2) is 18.6 Å². The number of aromatic nitrogens is 1. The Morgan fingerprint density at radius 2 is 2.00 bits per heavy atom. The maximum Gasteiger partial charge on any atom is 0.180 e. The van der Waals surface area contributed by atoms with Crippen molar-refractivity contribution in [3.63, 3.8) is 0 Å². The first-order chi connectivity index (χ1) is 10.7. The molecule has 0 saturated heterocycles. The molecule has 24 heavy (non-hydrogen) atoms. The Kier molecular flexibility index (Phi) is 11.6. The summed E-state index contributed by atoms with van der Waals surface area (Å²) in [4.78, 5) is 4.07. The Labute approximate surface area is 160 Å². The molecule has 0 aliphatic carbocycles. The van der Waals surface area contributed by atoms with Gasteiger partial charge in [-0.05, 0) is 36.7 Å². The van der Waals surface area contributed by atoms with Gasteiger partial charge in [0.05, 0.1) is 12.1 Å². The van der Waals surface area contributed by atoms with Crippen LogP contribution >= 0.6 is 36.4 Å². The summed E-state index contributed by atoms with van der Waals surface area (Å²) in [6.45, 7) is 4.26. The Balaban J connectivity index is 0.00000264. The number of hydrogen-bond donors (Lipinski definition) is 1. The first-order valence-corrected chi connectivity index (χ1v) is 7.71. The largest absolute Gasteiger partial charge is 0.493 e. The quantitative estimate of drug-likeness (QED) is 0.662. The second kappa shape index (κ2) is 12.2. The van der Waals surface area contributed by atoms with Crippen molar-refractivity contribution in [2.45, 2.75) is 26.5 Å². The highest BCUT2D eigenvalue weighted by molar-refractivity contribution is 6.32. The third-order valence-corrected chi connectivity index (χ3v) is 3.43. The molecule has 0 aliphatic heterocycles. The number of hydrogen-bond acceptors (Lipinski definition) is 4. The van der Waals surface area contributed by atoms with Gasteiger partial charge in [0.25, 0.3) is 0 Å². The minimum atomic E-state index is 0. The van der Waals surface area contributed by atoms with Crippen molar-refractivity contribution >= 4 is 36.4 Å². The summed E-state index contributed by atoms with van der Waals surface area (Å²) in [5.41, 5.74) is 2.05. The summed E-state index contributed by atoms with van der Waals surface area (Å²) in [5.74, 6) is 1.21. The average molecular weight is 394 g/mol. The van der Waals surface area contributed by atoms with Gasteiger partial charge in [0, 0.05) is 24.5 Å². The van der Waals surface area contributed by atoms with Gasteiger partial charge in [0.15, 0.2) is 11.5 Å². The third-order valence-electron chi connectivity index (χ3n) is 3.15. The number of methoxy groups -OCH3 is 1. The lowest BCUT2D eigenvalue weighted by atomic mass is 10.2. The molecule has 1 aromatic carbocycles. The van der Waals surface area contributed by atoms with Gasteiger partial charge in [0.2, 0.25) is 0 Å². The van der Waals surface area contributed by atoms with Crippen molar-refractivity contribution in [1.82, 2.24) is 10.3 Å². The van der Waals surface area contributed by atoms with Crippen molar-refractivity contribution in [2.24, 2.45) is 0 Å². The molecule has 0 fully saturated rings. The molecule has 0 saturated carbocycles. The van der Waals surface area contributed by atoms with Crippen LogP contribution in [0.5, 0.6) is 11.5 Å². The van der Waals surface area contributed by atoms with Crippen LogP contribution in [0, 0.1) is 0 Å². The molecule has 1 aromatic heterocycles. The summed E-state index contributed by atoms with van der Waals surface area (Å²) in [6.07, 6.45) is 4.59. The predicted molar refractivity (Wildman–Crippen MR) is 103 cm³/mol. The second-order valence-electron chi connectivity index (χ2n) is 4.94. The van der Waals surface area contributed by atoms with E-state index in [0.29, 0.717) is 23.1 Å². The van der Waals surface area contributed by atoms with Crippen LogP contribution in [0.2, 0.25) is 5.02 Å². The van der Waals surface area contributed by atoms with Gasteiger partial charge in [-0.2, -0.15) is 0 Å². The first-order valence-electron chi connectivity index (χ1n) is 7.33. The number of benzene rings is 1. The van der Waals surface area contributed by atoms with E-state index in [1.807, 2.05) is 24.3 Å². The molecule has 0 spiro atoms. The third kappa shape index (κ3) is 6.73. The van der Waals surface area contributed by atoms with Gasteiger partial charge >= 0.3 is 0 Å². The number of nitrogens with one attached hydrogen (secondary N) is 1. The van der Waals surface area contributed by atoms with Crippen molar-refractivity contribution in [3.05, 3.63) is 52.8 Å². The molecule has 2 aromatic rings. The summed E-state index contributed by atoms with van der Waals surface area (Å²) in [7, 11) is 1.62. The standard InChI is InChI=1S/C17H21ClN2O2.2ClH/c1-3-6-19-11-14-8-15(18)17(16(9-14)21-2)22-12-13-5-4-7-20-10-13;;/h4-5,7-10,19H,3,6,11-12H2,1-2H3;2*1H. The predicted octanol–water partition coefficient (Wildman–Crippen LogP) is 4.67. The molecule has 4 nitrogen and oxygen atoms in total. The van der Waals surface area contributed by atoms with E-state index in [1.54, 1.807) is 19.5 Å². The summed E-state index contributed by atoms with van der Waals surface area (Å²) >= 11 is 6.34. The average Bonchev–Trinajstić information content (AvgIpc) is 2.54. The van der Waals surface area contributed by atoms with E-state index in [1.165, 1.54) is 0 Å². The van der Waals surface area contributed by atoms with Crippen molar-refractivity contribution in [1.29, 1.82) is 0 Å². The molecule has 0 radical (unpaired) electrons. The minimum Gasteiger partial charge on any atom is -0.493 e. The molecule has 7 heteroatoms. The SMILES string of the molecule is CCCNCc1cc(Cl)c(OCc2cccnc2)c(OC)c1.Cl.Cl. The maximum absolute atomic E-state index is 6.34. The van der Waals surface area contributed by atoms with Crippen LogP contribution in [0.15, 0.2) is 36.7 Å². The molecule has 1 N–H and O–H groups in total. The van der Waals surface area contributed by atoms with Crippen LogP contribution in [0.25, 0.3) is 0 Å². The Morgan fingerprint density at radius 3 is 2.62 bits per heavy atom. The lowest BCUT2D eigenvalue weighted by Gasteiger charge is -2.14. The molecule has 0 atom stereocenters. The maximum atomic E-state index is 6.34. The fourth-order valence-corrected chi connectivity index (χ4v) is 2.35. The topological polar surface area (TPSA) is 43.4 Å². The molecule has 134 valence electrons. The minimum absolute atomic E-state index is 0. The van der Waals surface area contributed by atoms with Gasteiger partial charge < -0.3 is 14.8 Å². The van der Waals surface area contributed by atoms with E-state index in [0.717, 1.165) is 30.6 Å². The zero-order chi connectivity index (χ0) is 15.8. The van der Waals surface area contributed by atoms with Crippen LogP contribution < -0.4 is 14.8 Å². The summed E-state index contributed by atoms with van der Waals surface area (Å²) in [6, 6.07) is 7.69. The van der Waals surface area contributed by atoms with Gasteiger partial charge in [0.1, 0.15) is 6.61 Å². The molecular weight excluding hydrogens is 371 g/mol. The normalized spacial score (nSPS) is 9.62. The molecule has 0 unspecified atom stereocenters. The zero-order valence-corrected chi connectivity index (χ0v) is 16.1. The number of pyridine rings is 1. The molecule has 0 amide bonds. The van der Waals surface area contributed by atoms with Gasteiger partial charge in [-0.25, -0.2) is 0 Å².